The molecule has 1 amide bonds. The van der Waals surface area contributed by atoms with E-state index in [0.29, 0.717) is 42.6 Å². The summed E-state index contributed by atoms with van der Waals surface area (Å²) in [5.74, 6) is 1.43. The first-order valence-corrected chi connectivity index (χ1v) is 23.7. The van der Waals surface area contributed by atoms with Crippen LogP contribution in [0.5, 0.6) is 17.2 Å². The second-order valence-corrected chi connectivity index (χ2v) is 15.7. The van der Waals surface area contributed by atoms with Crippen LogP contribution in [0.15, 0.2) is 12.1 Å². The molecule has 1 aromatic carbocycles. The Hall–Kier alpha value is -2.64. The third kappa shape index (κ3) is 29.6. The second-order valence-electron chi connectivity index (χ2n) is 15.7. The van der Waals surface area contributed by atoms with Crippen molar-refractivity contribution in [1.29, 1.82) is 0 Å². The minimum atomic E-state index is -0.740. The molecule has 1 aromatic rings. The van der Waals surface area contributed by atoms with Crippen molar-refractivity contribution in [3.8, 4) is 17.2 Å². The molecule has 8 heteroatoms. The molecule has 0 aliphatic carbocycles. The molecule has 0 aliphatic heterocycles. The molecule has 1 rings (SSSR count). The van der Waals surface area contributed by atoms with E-state index in [1.165, 1.54) is 154 Å². The number of rotatable bonds is 41. The number of hydrogen-bond donors (Lipinski definition) is 1. The zero-order valence-electron chi connectivity index (χ0n) is 37.0. The van der Waals surface area contributed by atoms with E-state index in [9.17, 15) is 9.59 Å². The van der Waals surface area contributed by atoms with Crippen LogP contribution in [-0.2, 0) is 9.47 Å². The number of amides is 1. The van der Waals surface area contributed by atoms with Gasteiger partial charge in [0.15, 0.2) is 11.5 Å². The molecule has 0 radical (unpaired) electrons. The summed E-state index contributed by atoms with van der Waals surface area (Å²) in [6.07, 6.45) is 37.0. The van der Waals surface area contributed by atoms with Gasteiger partial charge in [0.1, 0.15) is 6.61 Å². The van der Waals surface area contributed by atoms with Crippen LogP contribution in [0.1, 0.15) is 231 Å². The largest absolute Gasteiger partial charge is 0.508 e. The van der Waals surface area contributed by atoms with Crippen molar-refractivity contribution in [2.24, 2.45) is 0 Å². The van der Waals surface area contributed by atoms with E-state index >= 15 is 0 Å². The number of hydrogen-bond acceptors (Lipinski definition) is 7. The van der Waals surface area contributed by atoms with Crippen LogP contribution in [0.25, 0.3) is 0 Å². The number of ether oxygens (including phenoxy) is 5. The summed E-state index contributed by atoms with van der Waals surface area (Å²) >= 11 is 0. The average molecular weight is 790 g/mol. The first kappa shape index (κ1) is 51.4. The van der Waals surface area contributed by atoms with Gasteiger partial charge in [-0.05, 0) is 38.3 Å². The van der Waals surface area contributed by atoms with Crippen LogP contribution in [-0.4, -0.2) is 51.6 Å². The fourth-order valence-electron chi connectivity index (χ4n) is 6.93. The quantitative estimate of drug-likeness (QED) is 0.0521. The van der Waals surface area contributed by atoms with Crippen molar-refractivity contribution in [1.82, 2.24) is 5.32 Å². The molecule has 56 heavy (non-hydrogen) atoms. The number of carbonyl (C=O) groups is 2. The summed E-state index contributed by atoms with van der Waals surface area (Å²) in [5, 5.41) is 2.86. The van der Waals surface area contributed by atoms with Gasteiger partial charge in [0.2, 0.25) is 5.75 Å². The highest BCUT2D eigenvalue weighted by atomic mass is 16.7. The lowest BCUT2D eigenvalue weighted by Gasteiger charge is -2.19. The lowest BCUT2D eigenvalue weighted by atomic mass is 10.1. The molecule has 0 aliphatic rings. The Bertz CT molecular complexity index is 1000. The maximum absolute atomic E-state index is 13.4. The summed E-state index contributed by atoms with van der Waals surface area (Å²) in [4.78, 5) is 25.0. The van der Waals surface area contributed by atoms with Gasteiger partial charge in [-0.15, -0.1) is 0 Å². The normalized spacial score (nSPS) is 11.1. The van der Waals surface area contributed by atoms with E-state index in [2.05, 4.69) is 26.1 Å². The Morgan fingerprint density at radius 2 is 0.768 bits per heavy atom. The summed E-state index contributed by atoms with van der Waals surface area (Å²) < 4.78 is 29.2. The van der Waals surface area contributed by atoms with Crippen LogP contribution >= 0.6 is 0 Å². The minimum Gasteiger partial charge on any atom is -0.490 e. The van der Waals surface area contributed by atoms with Gasteiger partial charge in [-0.25, -0.2) is 4.79 Å². The van der Waals surface area contributed by atoms with Crippen molar-refractivity contribution < 1.29 is 33.3 Å². The van der Waals surface area contributed by atoms with Crippen LogP contribution in [0, 0.1) is 0 Å². The standard InChI is InChI=1S/C48H87NO7/c1-5-9-12-15-18-21-24-27-30-33-37-53-44-41-43(47(50)49-36-40-56-48(51)52-8-4)42-45(54-38-34-31-28-25-22-19-16-13-10-6-2)46(44)55-39-35-32-29-26-23-20-17-14-11-7-3/h41-42H,5-40H2,1-4H3,(H,49,50). The summed E-state index contributed by atoms with van der Waals surface area (Å²) in [5.41, 5.74) is 0.434. The second kappa shape index (κ2) is 39.2. The molecule has 0 bridgehead atoms. The number of unbranched alkanes of at least 4 members (excludes halogenated alkanes) is 27. The molecular formula is C48H87NO7. The Labute approximate surface area is 344 Å². The predicted molar refractivity (Wildman–Crippen MR) is 234 cm³/mol. The van der Waals surface area contributed by atoms with Gasteiger partial charge in [-0.3, -0.25) is 4.79 Å². The number of benzene rings is 1. The predicted octanol–water partition coefficient (Wildman–Crippen LogP) is 14.5. The Balaban J connectivity index is 2.90. The molecule has 0 saturated carbocycles. The van der Waals surface area contributed by atoms with Crippen molar-refractivity contribution in [2.45, 2.75) is 220 Å². The highest BCUT2D eigenvalue weighted by Gasteiger charge is 2.19. The Morgan fingerprint density at radius 1 is 0.429 bits per heavy atom. The van der Waals surface area contributed by atoms with Gasteiger partial charge < -0.3 is 29.0 Å². The first-order valence-electron chi connectivity index (χ1n) is 23.7. The van der Waals surface area contributed by atoms with E-state index in [1.807, 2.05) is 0 Å². The van der Waals surface area contributed by atoms with Gasteiger partial charge in [-0.1, -0.05) is 194 Å². The molecule has 8 nitrogen and oxygen atoms in total. The lowest BCUT2D eigenvalue weighted by Crippen LogP contribution is -2.28. The van der Waals surface area contributed by atoms with Crippen LogP contribution in [0.2, 0.25) is 0 Å². The Morgan fingerprint density at radius 3 is 1.12 bits per heavy atom. The molecule has 0 fully saturated rings. The monoisotopic (exact) mass is 790 g/mol. The smallest absolute Gasteiger partial charge is 0.490 e. The molecular weight excluding hydrogens is 703 g/mol. The maximum atomic E-state index is 13.4. The fourth-order valence-corrected chi connectivity index (χ4v) is 6.93. The topological polar surface area (TPSA) is 92.3 Å². The molecule has 0 aromatic heterocycles. The van der Waals surface area contributed by atoms with Crippen molar-refractivity contribution in [3.05, 3.63) is 17.7 Å². The third-order valence-electron chi connectivity index (χ3n) is 10.4. The van der Waals surface area contributed by atoms with E-state index in [4.69, 9.17) is 23.7 Å². The molecule has 0 atom stereocenters. The zero-order valence-corrected chi connectivity index (χ0v) is 37.0. The zero-order chi connectivity index (χ0) is 40.6. The van der Waals surface area contributed by atoms with Gasteiger partial charge in [0.05, 0.1) is 33.0 Å². The van der Waals surface area contributed by atoms with Gasteiger partial charge in [-0.2, -0.15) is 0 Å². The molecule has 0 spiro atoms. The van der Waals surface area contributed by atoms with Crippen LogP contribution in [0.4, 0.5) is 4.79 Å². The maximum Gasteiger partial charge on any atom is 0.508 e. The Kier molecular flexibility index (Phi) is 36.0. The summed E-state index contributed by atoms with van der Waals surface area (Å²) in [7, 11) is 0. The number of nitrogens with one attached hydrogen (secondary N) is 1. The van der Waals surface area contributed by atoms with Crippen molar-refractivity contribution >= 4 is 12.1 Å². The van der Waals surface area contributed by atoms with Gasteiger partial charge >= 0.3 is 6.16 Å². The van der Waals surface area contributed by atoms with Crippen LogP contribution in [0.3, 0.4) is 0 Å². The van der Waals surface area contributed by atoms with Crippen molar-refractivity contribution in [3.63, 3.8) is 0 Å². The molecule has 0 heterocycles. The number of carbonyl (C=O) groups excluding carboxylic acids is 2. The van der Waals surface area contributed by atoms with Gasteiger partial charge in [0.25, 0.3) is 5.91 Å². The lowest BCUT2D eigenvalue weighted by molar-refractivity contribution is 0.0585. The highest BCUT2D eigenvalue weighted by Crippen LogP contribution is 2.40. The molecule has 326 valence electrons. The van der Waals surface area contributed by atoms with E-state index in [0.717, 1.165) is 38.5 Å². The third-order valence-corrected chi connectivity index (χ3v) is 10.4. The van der Waals surface area contributed by atoms with E-state index in [-0.39, 0.29) is 25.7 Å². The van der Waals surface area contributed by atoms with Crippen LogP contribution < -0.4 is 19.5 Å². The summed E-state index contributed by atoms with van der Waals surface area (Å²) in [6, 6.07) is 3.55. The summed E-state index contributed by atoms with van der Waals surface area (Å²) in [6.45, 7) is 10.6. The molecule has 0 unspecified atom stereocenters. The SMILES string of the molecule is CCCCCCCCCCCCOc1cc(C(=O)NCCOC(=O)OCC)cc(OCCCCCCCCCCCC)c1OCCCCCCCCCCCC. The molecule has 0 saturated heterocycles. The van der Waals surface area contributed by atoms with E-state index < -0.39 is 6.16 Å². The average Bonchev–Trinajstić information content (AvgIpc) is 3.20. The highest BCUT2D eigenvalue weighted by molar-refractivity contribution is 5.95. The first-order chi connectivity index (χ1) is 27.6. The van der Waals surface area contributed by atoms with Gasteiger partial charge in [0, 0.05) is 5.56 Å². The van der Waals surface area contributed by atoms with E-state index in [1.54, 1.807) is 19.1 Å². The fraction of sp³-hybridized carbons (Fsp3) is 0.833. The minimum absolute atomic E-state index is 0.0226. The van der Waals surface area contributed by atoms with Crippen molar-refractivity contribution in [2.75, 3.05) is 39.6 Å². The molecule has 1 N–H and O–H groups in total.